The molecule has 1 N–H and O–H groups in total. The molecule has 5 heteroatoms. The Kier molecular flexibility index (Phi) is 6.02. The number of hydrogen-bond donors (Lipinski definition) is 1. The quantitative estimate of drug-likeness (QED) is 0.761. The molecule has 2 rings (SSSR count). The molecule has 1 aromatic carbocycles. The number of nitrogens with zero attached hydrogens (tertiary/aromatic N) is 2. The van der Waals surface area contributed by atoms with Gasteiger partial charge >= 0.3 is 5.69 Å². The van der Waals surface area contributed by atoms with Gasteiger partial charge in [-0.1, -0.05) is 38.3 Å². The predicted molar refractivity (Wildman–Crippen MR) is 93.6 cm³/mol. The summed E-state index contributed by atoms with van der Waals surface area (Å²) in [5.41, 5.74) is 1.57. The summed E-state index contributed by atoms with van der Waals surface area (Å²) >= 11 is 0. The van der Waals surface area contributed by atoms with Crippen molar-refractivity contribution in [3.8, 4) is 0 Å². The van der Waals surface area contributed by atoms with Crippen LogP contribution in [0.3, 0.4) is 0 Å². The van der Waals surface area contributed by atoms with Crippen molar-refractivity contribution in [1.82, 2.24) is 14.5 Å². The second kappa shape index (κ2) is 7.99. The van der Waals surface area contributed by atoms with E-state index in [1.165, 1.54) is 12.8 Å². The highest BCUT2D eigenvalue weighted by molar-refractivity contribution is 5.81. The third-order valence-electron chi connectivity index (χ3n) is 4.19. The lowest BCUT2D eigenvalue weighted by atomic mass is 10.1. The maximum atomic E-state index is 12.5. The summed E-state index contributed by atoms with van der Waals surface area (Å²) in [7, 11) is 0. The summed E-state index contributed by atoms with van der Waals surface area (Å²) in [6, 6.07) is 7.75. The first kappa shape index (κ1) is 17.3. The van der Waals surface area contributed by atoms with Crippen LogP contribution in [0.2, 0.25) is 0 Å². The van der Waals surface area contributed by atoms with Crippen LogP contribution in [0.15, 0.2) is 29.1 Å². The van der Waals surface area contributed by atoms with Crippen LogP contribution in [-0.4, -0.2) is 21.1 Å². The largest absolute Gasteiger partial charge is 0.352 e. The molecule has 5 nitrogen and oxygen atoms in total. The molecule has 0 bridgehead atoms. The van der Waals surface area contributed by atoms with Gasteiger partial charge < -0.3 is 5.32 Å². The molecule has 1 heterocycles. The molecule has 1 aromatic heterocycles. The number of carbonyl (C=O) groups is 1. The molecule has 0 aliphatic carbocycles. The van der Waals surface area contributed by atoms with Gasteiger partial charge in [0, 0.05) is 12.6 Å². The fourth-order valence-corrected chi connectivity index (χ4v) is 2.97. The van der Waals surface area contributed by atoms with Crippen LogP contribution < -0.4 is 11.0 Å². The highest BCUT2D eigenvalue weighted by Crippen LogP contribution is 2.12. The zero-order chi connectivity index (χ0) is 16.8. The number of carbonyl (C=O) groups excluding carboxylic acids is 1. The molecular weight excluding hydrogens is 290 g/mol. The van der Waals surface area contributed by atoms with Crippen molar-refractivity contribution in [2.75, 3.05) is 0 Å². The van der Waals surface area contributed by atoms with E-state index < -0.39 is 0 Å². The zero-order valence-electron chi connectivity index (χ0n) is 14.3. The maximum absolute atomic E-state index is 12.5. The molecular formula is C18H27N3O2. The first-order chi connectivity index (χ1) is 11.1. The number of rotatable bonds is 8. The van der Waals surface area contributed by atoms with Gasteiger partial charge in [0.15, 0.2) is 0 Å². The van der Waals surface area contributed by atoms with Crippen LogP contribution in [-0.2, 0) is 17.9 Å². The molecule has 2 aromatic rings. The number of unbranched alkanes of at least 4 members (excludes halogenated alkanes) is 2. The third kappa shape index (κ3) is 4.03. The number of aryl methyl sites for hydroxylation is 1. The van der Waals surface area contributed by atoms with Gasteiger partial charge in [-0.15, -0.1) is 0 Å². The molecule has 0 aliphatic rings. The van der Waals surface area contributed by atoms with Gasteiger partial charge in [-0.2, -0.15) is 0 Å². The Balaban J connectivity index is 2.11. The van der Waals surface area contributed by atoms with Crippen molar-refractivity contribution < 1.29 is 4.79 Å². The number of amides is 1. The maximum Gasteiger partial charge on any atom is 0.329 e. The van der Waals surface area contributed by atoms with Crippen molar-refractivity contribution in [1.29, 1.82) is 0 Å². The highest BCUT2D eigenvalue weighted by Gasteiger charge is 2.15. The van der Waals surface area contributed by atoms with Crippen molar-refractivity contribution in [2.45, 2.75) is 65.6 Å². The van der Waals surface area contributed by atoms with Crippen LogP contribution in [0.1, 0.15) is 46.5 Å². The number of fused-ring (bicyclic) bond motifs is 1. The Bertz CT molecular complexity index is 715. The van der Waals surface area contributed by atoms with Gasteiger partial charge in [-0.05, 0) is 32.4 Å². The molecule has 0 saturated carbocycles. The molecule has 0 fully saturated rings. The molecule has 1 unspecified atom stereocenters. The SMILES string of the molecule is CCCCCC(C)NC(=O)Cn1c(=O)n(CC)c2ccccc21. The normalized spacial score (nSPS) is 12.5. The fraction of sp³-hybridized carbons (Fsp3) is 0.556. The lowest BCUT2D eigenvalue weighted by molar-refractivity contribution is -0.122. The summed E-state index contributed by atoms with van der Waals surface area (Å²) in [6.07, 6.45) is 4.45. The number of hydrogen-bond acceptors (Lipinski definition) is 2. The molecule has 1 atom stereocenters. The average molecular weight is 317 g/mol. The minimum atomic E-state index is -0.123. The second-order valence-corrected chi connectivity index (χ2v) is 6.07. The number of para-hydroxylation sites is 2. The van der Waals surface area contributed by atoms with Crippen LogP contribution in [0.25, 0.3) is 11.0 Å². The van der Waals surface area contributed by atoms with E-state index in [1.807, 2.05) is 38.1 Å². The monoisotopic (exact) mass is 317 g/mol. The first-order valence-electron chi connectivity index (χ1n) is 8.55. The third-order valence-corrected chi connectivity index (χ3v) is 4.19. The fourth-order valence-electron chi connectivity index (χ4n) is 2.97. The molecule has 0 aliphatic heterocycles. The van der Waals surface area contributed by atoms with E-state index in [1.54, 1.807) is 9.13 Å². The van der Waals surface area contributed by atoms with Gasteiger partial charge in [0.25, 0.3) is 0 Å². The zero-order valence-corrected chi connectivity index (χ0v) is 14.3. The molecule has 0 spiro atoms. The average Bonchev–Trinajstić information content (AvgIpc) is 2.79. The van der Waals surface area contributed by atoms with Crippen LogP contribution in [0.5, 0.6) is 0 Å². The standard InChI is InChI=1S/C18H27N3O2/c1-4-6-7-10-14(3)19-17(22)13-21-16-12-9-8-11-15(16)20(5-2)18(21)23/h8-9,11-12,14H,4-7,10,13H2,1-3H3,(H,19,22). The van der Waals surface area contributed by atoms with E-state index in [0.29, 0.717) is 6.54 Å². The molecule has 0 radical (unpaired) electrons. The lowest BCUT2D eigenvalue weighted by Gasteiger charge is -2.13. The van der Waals surface area contributed by atoms with E-state index in [0.717, 1.165) is 23.9 Å². The number of benzene rings is 1. The summed E-state index contributed by atoms with van der Waals surface area (Å²) in [6.45, 7) is 6.80. The van der Waals surface area contributed by atoms with Crippen LogP contribution in [0, 0.1) is 0 Å². The van der Waals surface area contributed by atoms with Crippen molar-refractivity contribution in [3.05, 3.63) is 34.7 Å². The lowest BCUT2D eigenvalue weighted by Crippen LogP contribution is -2.37. The van der Waals surface area contributed by atoms with Crippen molar-refractivity contribution in [2.24, 2.45) is 0 Å². The van der Waals surface area contributed by atoms with E-state index in [-0.39, 0.29) is 24.2 Å². The van der Waals surface area contributed by atoms with Gasteiger partial charge in [-0.25, -0.2) is 4.79 Å². The number of nitrogens with one attached hydrogen (secondary N) is 1. The first-order valence-corrected chi connectivity index (χ1v) is 8.55. The smallest absolute Gasteiger partial charge is 0.329 e. The van der Waals surface area contributed by atoms with Crippen molar-refractivity contribution >= 4 is 16.9 Å². The number of imidazole rings is 1. The molecule has 1 amide bonds. The minimum absolute atomic E-state index is 0.0739. The van der Waals surface area contributed by atoms with Gasteiger partial charge in [0.2, 0.25) is 5.91 Å². The van der Waals surface area contributed by atoms with E-state index >= 15 is 0 Å². The molecule has 126 valence electrons. The Labute approximate surface area is 137 Å². The second-order valence-electron chi connectivity index (χ2n) is 6.07. The summed E-state index contributed by atoms with van der Waals surface area (Å²) < 4.78 is 3.26. The Morgan fingerprint density at radius 2 is 1.78 bits per heavy atom. The van der Waals surface area contributed by atoms with Gasteiger partial charge in [-0.3, -0.25) is 13.9 Å². The molecule has 0 saturated heterocycles. The van der Waals surface area contributed by atoms with Gasteiger partial charge in [0.05, 0.1) is 11.0 Å². The topological polar surface area (TPSA) is 56.0 Å². The van der Waals surface area contributed by atoms with E-state index in [4.69, 9.17) is 0 Å². The Hall–Kier alpha value is -2.04. The van der Waals surface area contributed by atoms with Crippen molar-refractivity contribution in [3.63, 3.8) is 0 Å². The Morgan fingerprint density at radius 3 is 2.39 bits per heavy atom. The Morgan fingerprint density at radius 1 is 1.13 bits per heavy atom. The number of aromatic nitrogens is 2. The van der Waals surface area contributed by atoms with E-state index in [9.17, 15) is 9.59 Å². The van der Waals surface area contributed by atoms with Crippen LogP contribution in [0.4, 0.5) is 0 Å². The predicted octanol–water partition coefficient (Wildman–Crippen LogP) is 2.91. The summed E-state index contributed by atoms with van der Waals surface area (Å²) in [5, 5.41) is 3.00. The highest BCUT2D eigenvalue weighted by atomic mass is 16.2. The summed E-state index contributed by atoms with van der Waals surface area (Å²) in [5.74, 6) is -0.102. The van der Waals surface area contributed by atoms with E-state index in [2.05, 4.69) is 12.2 Å². The van der Waals surface area contributed by atoms with Crippen LogP contribution >= 0.6 is 0 Å². The molecule has 23 heavy (non-hydrogen) atoms. The minimum Gasteiger partial charge on any atom is -0.352 e. The van der Waals surface area contributed by atoms with Gasteiger partial charge in [0.1, 0.15) is 6.54 Å². The summed E-state index contributed by atoms with van der Waals surface area (Å²) in [4.78, 5) is 24.8.